The van der Waals surface area contributed by atoms with Gasteiger partial charge in [-0.1, -0.05) is 204 Å². The monoisotopic (exact) mass is 1040 g/mol. The first kappa shape index (κ1) is 51.8. The third-order valence-electron chi connectivity index (χ3n) is 16.0. The van der Waals surface area contributed by atoms with E-state index in [1.807, 2.05) is 48.5 Å². The predicted octanol–water partition coefficient (Wildman–Crippen LogP) is 20.1. The normalized spacial score (nSPS) is 12.5. The van der Waals surface area contributed by atoms with Gasteiger partial charge in [0.1, 0.15) is 0 Å². The van der Waals surface area contributed by atoms with Crippen molar-refractivity contribution < 1.29 is 0 Å². The minimum Gasteiger partial charge on any atom is -0.309 e. The van der Waals surface area contributed by atoms with E-state index in [9.17, 15) is 0 Å². The van der Waals surface area contributed by atoms with E-state index in [2.05, 4.69) is 243 Å². The van der Waals surface area contributed by atoms with Crippen LogP contribution in [0, 0.1) is 6.57 Å². The summed E-state index contributed by atoms with van der Waals surface area (Å²) in [5.41, 5.74) is 18.9. The number of aromatic nitrogens is 5. The summed E-state index contributed by atoms with van der Waals surface area (Å²) in [5, 5.41) is 4.86. The molecule has 0 fully saturated rings. The maximum absolute atomic E-state index is 7.78. The number of nitrogens with zero attached hydrogens (tertiary/aromatic N) is 6. The lowest BCUT2D eigenvalue weighted by Gasteiger charge is -2.22. The Balaban J connectivity index is 1.23. The van der Waals surface area contributed by atoms with E-state index >= 15 is 0 Å². The first-order chi connectivity index (χ1) is 38.1. The molecule has 0 spiro atoms. The minimum atomic E-state index is -0.0679. The highest BCUT2D eigenvalue weighted by atomic mass is 15.0. The molecule has 0 radical (unpaired) electrons. The molecule has 0 saturated carbocycles. The molecule has 0 unspecified atom stereocenters. The van der Waals surface area contributed by atoms with Crippen molar-refractivity contribution in [1.29, 1.82) is 0 Å². The van der Waals surface area contributed by atoms with Gasteiger partial charge in [0.25, 0.3) is 0 Å². The smallest absolute Gasteiger partial charge is 0.187 e. The topological polar surface area (TPSA) is 52.9 Å². The molecule has 6 heteroatoms. The number of hydrogen-bond acceptors (Lipinski definition) is 3. The van der Waals surface area contributed by atoms with Gasteiger partial charge in [-0.25, -0.2) is 19.8 Å². The Morgan fingerprint density at radius 1 is 0.312 bits per heavy atom. The highest BCUT2D eigenvalue weighted by Gasteiger charge is 2.27. The molecule has 3 heterocycles. The van der Waals surface area contributed by atoms with Crippen LogP contribution in [-0.2, 0) is 21.7 Å². The van der Waals surface area contributed by atoms with Gasteiger partial charge < -0.3 is 9.13 Å². The van der Waals surface area contributed by atoms with Crippen LogP contribution in [0.15, 0.2) is 194 Å². The second-order valence-electron chi connectivity index (χ2n) is 25.8. The van der Waals surface area contributed by atoms with Gasteiger partial charge in [0.05, 0.1) is 40.0 Å². The molecule has 0 aliphatic rings. The fraction of sp³-hybridized carbons (Fsp3) is 0.216. The summed E-state index contributed by atoms with van der Waals surface area (Å²) in [7, 11) is 0. The summed E-state index contributed by atoms with van der Waals surface area (Å²) >= 11 is 0. The zero-order valence-corrected chi connectivity index (χ0v) is 48.2. The van der Waals surface area contributed by atoms with Gasteiger partial charge in [-0.2, -0.15) is 0 Å². The lowest BCUT2D eigenvalue weighted by Crippen LogP contribution is -2.10. The Morgan fingerprint density at radius 2 is 0.675 bits per heavy atom. The molecule has 12 aromatic rings. The molecule has 9 aromatic carbocycles. The Morgan fingerprint density at radius 3 is 1.06 bits per heavy atom. The molecule has 0 saturated heterocycles. The Hall–Kier alpha value is -8.92. The molecule has 0 aliphatic heterocycles. The molecule has 0 amide bonds. The van der Waals surface area contributed by atoms with Crippen LogP contribution in [0.25, 0.3) is 116 Å². The van der Waals surface area contributed by atoms with Gasteiger partial charge in [-0.05, 0) is 128 Å². The van der Waals surface area contributed by atoms with Gasteiger partial charge in [0.2, 0.25) is 0 Å². The van der Waals surface area contributed by atoms with Crippen LogP contribution >= 0.6 is 0 Å². The van der Waals surface area contributed by atoms with Crippen molar-refractivity contribution in [3.05, 3.63) is 228 Å². The maximum Gasteiger partial charge on any atom is 0.187 e. The van der Waals surface area contributed by atoms with Crippen LogP contribution in [0.4, 0.5) is 5.69 Å². The van der Waals surface area contributed by atoms with Crippen LogP contribution in [0.1, 0.15) is 105 Å². The fourth-order valence-corrected chi connectivity index (χ4v) is 11.3. The molecule has 394 valence electrons. The van der Waals surface area contributed by atoms with E-state index in [-0.39, 0.29) is 21.7 Å². The van der Waals surface area contributed by atoms with E-state index < -0.39 is 0 Å². The van der Waals surface area contributed by atoms with Crippen molar-refractivity contribution in [3.63, 3.8) is 0 Å². The SMILES string of the molecule is [C-]#[N+]c1ccc(-c2ccc(-c3cc(-c4nc(-c5ccccc5)nc(-c5ccccc5)n4)ccc3-n3c4ccc(C(C)(C)C)cc4c4cc(C(C)(C)C)ccc43)c(-n3c4ccc(C(C)(C)C)cc4c4cc(C(C)(C)C)ccc43)c2)cc1. The number of benzene rings is 9. The summed E-state index contributed by atoms with van der Waals surface area (Å²) in [4.78, 5) is 19.5. The molecule has 0 N–H and O–H groups in total. The molecular formula is C74H68N6. The van der Waals surface area contributed by atoms with Crippen LogP contribution in [0.5, 0.6) is 0 Å². The van der Waals surface area contributed by atoms with Gasteiger partial charge in [0, 0.05) is 49.4 Å². The molecule has 0 aliphatic carbocycles. The lowest BCUT2D eigenvalue weighted by atomic mass is 9.85. The Labute approximate surface area is 471 Å². The maximum atomic E-state index is 7.78. The second-order valence-corrected chi connectivity index (χ2v) is 25.8. The molecule has 80 heavy (non-hydrogen) atoms. The highest BCUT2D eigenvalue weighted by Crippen LogP contribution is 2.46. The summed E-state index contributed by atoms with van der Waals surface area (Å²) in [6.45, 7) is 35.3. The number of fused-ring (bicyclic) bond motifs is 6. The average Bonchev–Trinajstić information content (AvgIpc) is 3.39. The van der Waals surface area contributed by atoms with Gasteiger partial charge in [-0.15, -0.1) is 0 Å². The van der Waals surface area contributed by atoms with Gasteiger partial charge in [0.15, 0.2) is 23.2 Å². The third-order valence-corrected chi connectivity index (χ3v) is 16.0. The third kappa shape index (κ3) is 9.35. The van der Waals surface area contributed by atoms with E-state index in [4.69, 9.17) is 21.5 Å². The number of rotatable bonds is 7. The van der Waals surface area contributed by atoms with Crippen LogP contribution in [-0.4, -0.2) is 24.1 Å². The van der Waals surface area contributed by atoms with Crippen LogP contribution in [0.3, 0.4) is 0 Å². The van der Waals surface area contributed by atoms with Crippen molar-refractivity contribution in [1.82, 2.24) is 24.1 Å². The van der Waals surface area contributed by atoms with Gasteiger partial charge >= 0.3 is 0 Å². The first-order valence-corrected chi connectivity index (χ1v) is 28.0. The van der Waals surface area contributed by atoms with Crippen molar-refractivity contribution in [3.8, 4) is 67.8 Å². The van der Waals surface area contributed by atoms with Crippen molar-refractivity contribution in [2.75, 3.05) is 0 Å². The zero-order valence-electron chi connectivity index (χ0n) is 48.2. The predicted molar refractivity (Wildman–Crippen MR) is 337 cm³/mol. The molecule has 12 rings (SSSR count). The first-order valence-electron chi connectivity index (χ1n) is 28.0. The summed E-state index contributed by atoms with van der Waals surface area (Å²) in [5.74, 6) is 1.79. The summed E-state index contributed by atoms with van der Waals surface area (Å²) in [6.07, 6.45) is 0. The second kappa shape index (κ2) is 19.2. The van der Waals surface area contributed by atoms with Crippen LogP contribution < -0.4 is 0 Å². The van der Waals surface area contributed by atoms with Crippen molar-refractivity contribution in [2.45, 2.75) is 105 Å². The minimum absolute atomic E-state index is 0.0602. The quantitative estimate of drug-likeness (QED) is 0.150. The average molecular weight is 1040 g/mol. The molecular weight excluding hydrogens is 973 g/mol. The summed E-state index contributed by atoms with van der Waals surface area (Å²) in [6, 6.07) is 70.3. The molecule has 0 atom stereocenters. The molecule has 3 aromatic heterocycles. The fourth-order valence-electron chi connectivity index (χ4n) is 11.3. The molecule has 0 bridgehead atoms. The Kier molecular flexibility index (Phi) is 12.4. The van der Waals surface area contributed by atoms with E-state index in [0.717, 1.165) is 72.4 Å². The number of hydrogen-bond donors (Lipinski definition) is 0. The zero-order chi connectivity index (χ0) is 56.0. The molecule has 6 nitrogen and oxygen atoms in total. The van der Waals surface area contributed by atoms with Crippen molar-refractivity contribution >= 4 is 49.3 Å². The van der Waals surface area contributed by atoms with Crippen LogP contribution in [0.2, 0.25) is 0 Å². The highest BCUT2D eigenvalue weighted by molar-refractivity contribution is 6.12. The standard InChI is InChI=1S/C74H68N6/c1-71(2,3)51-28-36-63-58(42-51)59-43-52(72(4,5)6)29-37-64(59)79(63)62-35-27-50(70-77-68(47-20-16-14-17-21-47)76-69(78-70)48-22-18-15-19-23-48)40-57(62)56-34-26-49(46-24-32-55(75-13)33-25-46)41-67(56)80-65-38-30-53(73(7,8)9)44-60(65)61-45-54(74(10,11)12)31-39-66(61)80/h14-45H,1-12H3. The summed E-state index contributed by atoms with van der Waals surface area (Å²) < 4.78 is 4.98. The van der Waals surface area contributed by atoms with Gasteiger partial charge in [-0.3, -0.25) is 0 Å². The lowest BCUT2D eigenvalue weighted by molar-refractivity contribution is 0.590. The largest absolute Gasteiger partial charge is 0.309 e. The Bertz CT molecular complexity index is 4230. The van der Waals surface area contributed by atoms with Crippen molar-refractivity contribution in [2.24, 2.45) is 0 Å². The van der Waals surface area contributed by atoms with E-state index in [1.54, 1.807) is 0 Å². The van der Waals surface area contributed by atoms with E-state index in [0.29, 0.717) is 23.2 Å². The van der Waals surface area contributed by atoms with E-state index in [1.165, 1.54) is 43.8 Å².